The van der Waals surface area contributed by atoms with Crippen LogP contribution in [0.15, 0.2) is 28.8 Å². The average molecular weight is 339 g/mol. The molecule has 0 saturated heterocycles. The van der Waals surface area contributed by atoms with E-state index in [1.807, 2.05) is 23.6 Å². The molecule has 3 aromatic heterocycles. The van der Waals surface area contributed by atoms with E-state index in [2.05, 4.69) is 20.5 Å². The zero-order chi connectivity index (χ0) is 16.6. The van der Waals surface area contributed by atoms with Crippen LogP contribution in [0.2, 0.25) is 0 Å². The molecule has 0 aliphatic heterocycles. The van der Waals surface area contributed by atoms with Gasteiger partial charge in [0, 0.05) is 17.3 Å². The Balaban J connectivity index is 1.78. The zero-order valence-electron chi connectivity index (χ0n) is 12.2. The zero-order valence-corrected chi connectivity index (χ0v) is 13.0. The van der Waals surface area contributed by atoms with Crippen LogP contribution in [0.5, 0.6) is 0 Å². The molecule has 23 heavy (non-hydrogen) atoms. The lowest BCUT2D eigenvalue weighted by Gasteiger charge is -2.06. The fourth-order valence-corrected chi connectivity index (χ4v) is 2.98. The molecule has 0 aliphatic rings. The number of aryl methyl sites for hydroxylation is 2. The van der Waals surface area contributed by atoms with Crippen molar-refractivity contribution in [1.82, 2.24) is 14.4 Å². The normalized spacial score (nSPS) is 12.4. The van der Waals surface area contributed by atoms with Gasteiger partial charge in [0.15, 0.2) is 4.96 Å². The fourth-order valence-electron chi connectivity index (χ4n) is 2.06. The number of rotatable bonds is 3. The summed E-state index contributed by atoms with van der Waals surface area (Å²) in [5.41, 5.74) is 4.51. The van der Waals surface area contributed by atoms with Crippen molar-refractivity contribution in [2.45, 2.75) is 20.0 Å². The highest BCUT2D eigenvalue weighted by atomic mass is 32.1. The molecule has 0 radical (unpaired) electrons. The van der Waals surface area contributed by atoms with Gasteiger partial charge in [-0.15, -0.1) is 11.3 Å². The van der Waals surface area contributed by atoms with Crippen LogP contribution in [-0.4, -0.2) is 20.6 Å². The third kappa shape index (κ3) is 3.04. The molecule has 0 unspecified atom stereocenters. The van der Waals surface area contributed by atoms with Gasteiger partial charge in [-0.1, -0.05) is 0 Å². The Bertz CT molecular complexity index is 861. The van der Waals surface area contributed by atoms with Gasteiger partial charge in [-0.25, -0.2) is 9.97 Å². The minimum atomic E-state index is -4.40. The van der Waals surface area contributed by atoms with E-state index in [1.54, 1.807) is 6.21 Å². The molecule has 0 atom stereocenters. The van der Waals surface area contributed by atoms with Gasteiger partial charge < -0.3 is 0 Å². The van der Waals surface area contributed by atoms with Crippen LogP contribution in [0.4, 0.5) is 19.0 Å². The summed E-state index contributed by atoms with van der Waals surface area (Å²) in [6.07, 6.45) is -2.05. The average Bonchev–Trinajstić information content (AvgIpc) is 2.99. The number of fused-ring (bicyclic) bond motifs is 1. The van der Waals surface area contributed by atoms with Gasteiger partial charge in [0.25, 0.3) is 0 Å². The summed E-state index contributed by atoms with van der Waals surface area (Å²) in [5.74, 6) is 0.231. The van der Waals surface area contributed by atoms with Gasteiger partial charge in [0.05, 0.1) is 23.2 Å². The molecule has 120 valence electrons. The third-order valence-electron chi connectivity index (χ3n) is 3.21. The van der Waals surface area contributed by atoms with Crippen LogP contribution in [0.25, 0.3) is 4.96 Å². The molecular formula is C14H12F3N5S. The van der Waals surface area contributed by atoms with Crippen molar-refractivity contribution in [3.05, 3.63) is 46.4 Å². The number of alkyl halides is 3. The molecule has 0 aliphatic carbocycles. The number of imidazole rings is 1. The van der Waals surface area contributed by atoms with Crippen molar-refractivity contribution < 1.29 is 13.2 Å². The molecule has 0 saturated carbocycles. The highest BCUT2D eigenvalue weighted by Gasteiger charge is 2.30. The number of nitrogens with one attached hydrogen (secondary N) is 1. The first kappa shape index (κ1) is 15.5. The Morgan fingerprint density at radius 2 is 2.09 bits per heavy atom. The van der Waals surface area contributed by atoms with E-state index in [0.717, 1.165) is 34.3 Å². The SMILES string of the molecule is Cc1nc2scc(C)n2c1/C=N\Nc1ccc(C(F)(F)F)cn1. The van der Waals surface area contributed by atoms with E-state index in [0.29, 0.717) is 0 Å². The molecule has 0 bridgehead atoms. The Hall–Kier alpha value is -2.42. The maximum absolute atomic E-state index is 12.5. The number of anilines is 1. The van der Waals surface area contributed by atoms with Gasteiger partial charge in [0.2, 0.25) is 0 Å². The van der Waals surface area contributed by atoms with Crippen molar-refractivity contribution in [3.63, 3.8) is 0 Å². The monoisotopic (exact) mass is 339 g/mol. The fraction of sp³-hybridized carbons (Fsp3) is 0.214. The molecule has 0 fully saturated rings. The lowest BCUT2D eigenvalue weighted by atomic mass is 10.3. The molecular weight excluding hydrogens is 327 g/mol. The predicted molar refractivity (Wildman–Crippen MR) is 83.0 cm³/mol. The van der Waals surface area contributed by atoms with Crippen molar-refractivity contribution in [2.75, 3.05) is 5.43 Å². The maximum Gasteiger partial charge on any atom is 0.417 e. The third-order valence-corrected chi connectivity index (χ3v) is 4.15. The van der Waals surface area contributed by atoms with Crippen molar-refractivity contribution in [1.29, 1.82) is 0 Å². The van der Waals surface area contributed by atoms with Gasteiger partial charge in [-0.3, -0.25) is 9.83 Å². The van der Waals surface area contributed by atoms with Crippen molar-refractivity contribution in [3.8, 4) is 0 Å². The molecule has 1 N–H and O–H groups in total. The van der Waals surface area contributed by atoms with Crippen LogP contribution in [0, 0.1) is 13.8 Å². The Morgan fingerprint density at radius 3 is 2.74 bits per heavy atom. The minimum Gasteiger partial charge on any atom is -0.286 e. The van der Waals surface area contributed by atoms with E-state index in [-0.39, 0.29) is 5.82 Å². The predicted octanol–water partition coefficient (Wildman–Crippen LogP) is 3.87. The highest BCUT2D eigenvalue weighted by molar-refractivity contribution is 7.15. The molecule has 5 nitrogen and oxygen atoms in total. The number of pyridine rings is 1. The number of halogens is 3. The first-order valence-corrected chi connectivity index (χ1v) is 7.49. The molecule has 0 amide bonds. The molecule has 3 aromatic rings. The molecule has 0 aromatic carbocycles. The number of nitrogens with zero attached hydrogens (tertiary/aromatic N) is 4. The van der Waals surface area contributed by atoms with Crippen LogP contribution in [-0.2, 0) is 6.18 Å². The quantitative estimate of drug-likeness (QED) is 0.582. The van der Waals surface area contributed by atoms with Gasteiger partial charge in [-0.2, -0.15) is 18.3 Å². The maximum atomic E-state index is 12.5. The molecule has 9 heteroatoms. The standard InChI is InChI=1S/C14H12F3N5S/c1-8-7-23-13-20-9(2)11(22(8)13)6-19-21-12-4-3-10(5-18-12)14(15,16)17/h3-7H,1-2H3,(H,18,21)/b19-6-. The Morgan fingerprint density at radius 1 is 1.30 bits per heavy atom. The summed E-state index contributed by atoms with van der Waals surface area (Å²) < 4.78 is 39.3. The first-order valence-electron chi connectivity index (χ1n) is 6.62. The summed E-state index contributed by atoms with van der Waals surface area (Å²) in [6.45, 7) is 3.84. The van der Waals surface area contributed by atoms with Crippen LogP contribution < -0.4 is 5.43 Å². The van der Waals surface area contributed by atoms with Crippen molar-refractivity contribution in [2.24, 2.45) is 5.10 Å². The summed E-state index contributed by atoms with van der Waals surface area (Å²) in [4.78, 5) is 8.98. The molecule has 0 spiro atoms. The lowest BCUT2D eigenvalue weighted by molar-refractivity contribution is -0.137. The van der Waals surface area contributed by atoms with Crippen LogP contribution in [0.3, 0.4) is 0 Å². The van der Waals surface area contributed by atoms with E-state index in [1.165, 1.54) is 17.4 Å². The largest absolute Gasteiger partial charge is 0.417 e. The number of hydrazone groups is 1. The smallest absolute Gasteiger partial charge is 0.286 e. The van der Waals surface area contributed by atoms with Gasteiger partial charge >= 0.3 is 6.18 Å². The number of hydrogen-bond acceptors (Lipinski definition) is 5. The summed E-state index contributed by atoms with van der Waals surface area (Å²) >= 11 is 1.53. The lowest BCUT2D eigenvalue weighted by Crippen LogP contribution is -2.05. The van der Waals surface area contributed by atoms with E-state index in [9.17, 15) is 13.2 Å². The second-order valence-corrected chi connectivity index (χ2v) is 5.71. The van der Waals surface area contributed by atoms with Crippen LogP contribution >= 0.6 is 11.3 Å². The Kier molecular flexibility index (Phi) is 3.80. The minimum absolute atomic E-state index is 0.231. The van der Waals surface area contributed by atoms with Crippen LogP contribution in [0.1, 0.15) is 22.6 Å². The summed E-state index contributed by atoms with van der Waals surface area (Å²) in [6, 6.07) is 2.19. The number of thiazole rings is 1. The first-order chi connectivity index (χ1) is 10.9. The van der Waals surface area contributed by atoms with Gasteiger partial charge in [-0.05, 0) is 26.0 Å². The molecule has 3 rings (SSSR count). The van der Waals surface area contributed by atoms with E-state index >= 15 is 0 Å². The van der Waals surface area contributed by atoms with Crippen molar-refractivity contribution >= 4 is 28.3 Å². The van der Waals surface area contributed by atoms with Gasteiger partial charge in [0.1, 0.15) is 5.82 Å². The number of aromatic nitrogens is 3. The summed E-state index contributed by atoms with van der Waals surface area (Å²) in [7, 11) is 0. The topological polar surface area (TPSA) is 54.6 Å². The second kappa shape index (κ2) is 5.65. The Labute approximate surface area is 133 Å². The van der Waals surface area contributed by atoms with E-state index < -0.39 is 11.7 Å². The highest BCUT2D eigenvalue weighted by Crippen LogP contribution is 2.28. The number of hydrogen-bond donors (Lipinski definition) is 1. The molecule has 3 heterocycles. The van der Waals surface area contributed by atoms with E-state index in [4.69, 9.17) is 0 Å². The summed E-state index contributed by atoms with van der Waals surface area (Å²) in [5, 5.41) is 6.02. The second-order valence-electron chi connectivity index (χ2n) is 4.88.